The van der Waals surface area contributed by atoms with Crippen molar-refractivity contribution in [2.75, 3.05) is 0 Å². The van der Waals surface area contributed by atoms with Crippen LogP contribution in [-0.2, 0) is 11.4 Å². The average molecular weight is 464 g/mol. The van der Waals surface area contributed by atoms with E-state index in [1.807, 2.05) is 68.4 Å². The number of hydrogen-bond donors (Lipinski definition) is 2. The normalized spacial score (nSPS) is 11.9. The van der Waals surface area contributed by atoms with Crippen LogP contribution in [0.3, 0.4) is 0 Å². The Labute approximate surface area is 198 Å². The Bertz CT molecular complexity index is 1100. The quantitative estimate of drug-likeness (QED) is 0.352. The molecule has 6 nitrogen and oxygen atoms in total. The van der Waals surface area contributed by atoms with Gasteiger partial charge in [-0.25, -0.2) is 5.43 Å². The number of benzene rings is 3. The zero-order chi connectivity index (χ0) is 23.6. The predicted molar refractivity (Wildman–Crippen MR) is 130 cm³/mol. The zero-order valence-electron chi connectivity index (χ0n) is 18.5. The smallest absolute Gasteiger partial charge is 0.262 e. The molecule has 0 aliphatic carbocycles. The lowest BCUT2D eigenvalue weighted by atomic mass is 10.0. The molecule has 0 fully saturated rings. The van der Waals surface area contributed by atoms with Crippen LogP contribution in [0.1, 0.15) is 35.3 Å². The molecule has 170 valence electrons. The third kappa shape index (κ3) is 7.19. The van der Waals surface area contributed by atoms with Gasteiger partial charge < -0.3 is 10.1 Å². The van der Waals surface area contributed by atoms with Crippen molar-refractivity contribution in [2.45, 2.75) is 26.5 Å². The summed E-state index contributed by atoms with van der Waals surface area (Å²) in [7, 11) is 0. The Balaban J connectivity index is 1.61. The van der Waals surface area contributed by atoms with Crippen molar-refractivity contribution in [3.63, 3.8) is 0 Å². The maximum Gasteiger partial charge on any atom is 0.262 e. The van der Waals surface area contributed by atoms with Crippen LogP contribution in [0.2, 0.25) is 5.02 Å². The Morgan fingerprint density at radius 2 is 1.64 bits per heavy atom. The van der Waals surface area contributed by atoms with Crippen LogP contribution in [0.25, 0.3) is 0 Å². The van der Waals surface area contributed by atoms with Gasteiger partial charge in [-0.2, -0.15) is 5.10 Å². The van der Waals surface area contributed by atoms with Crippen molar-refractivity contribution in [2.24, 2.45) is 11.0 Å². The number of carbonyl (C=O) groups is 2. The van der Waals surface area contributed by atoms with Gasteiger partial charge in [-0.1, -0.05) is 67.9 Å². The first-order chi connectivity index (χ1) is 15.9. The first-order valence-electron chi connectivity index (χ1n) is 10.6. The molecule has 0 bridgehead atoms. The number of rotatable bonds is 9. The highest BCUT2D eigenvalue weighted by atomic mass is 35.5. The minimum atomic E-state index is -0.755. The summed E-state index contributed by atoms with van der Waals surface area (Å²) in [6.45, 7) is 4.12. The molecule has 0 aromatic heterocycles. The third-order valence-corrected chi connectivity index (χ3v) is 5.13. The Hall–Kier alpha value is -3.64. The fraction of sp³-hybridized carbons (Fsp3) is 0.192. The van der Waals surface area contributed by atoms with E-state index in [1.54, 1.807) is 24.3 Å². The minimum Gasteiger partial charge on any atom is -0.488 e. The molecule has 0 radical (unpaired) electrons. The SMILES string of the molecule is CC(C)C(NC(=O)c1ccc(Cl)cc1)C(=O)N/N=C/c1ccccc1OCc1ccccc1. The second-order valence-electron chi connectivity index (χ2n) is 7.75. The van der Waals surface area contributed by atoms with Crippen LogP contribution in [0, 0.1) is 5.92 Å². The minimum absolute atomic E-state index is 0.141. The summed E-state index contributed by atoms with van der Waals surface area (Å²) in [6.07, 6.45) is 1.52. The molecule has 0 saturated heterocycles. The Kier molecular flexibility index (Phi) is 8.61. The van der Waals surface area contributed by atoms with Gasteiger partial charge in [0.2, 0.25) is 0 Å². The molecule has 0 aliphatic rings. The first kappa shape index (κ1) is 24.0. The average Bonchev–Trinajstić information content (AvgIpc) is 2.82. The summed E-state index contributed by atoms with van der Waals surface area (Å²) < 4.78 is 5.91. The number of halogens is 1. The fourth-order valence-corrected chi connectivity index (χ4v) is 3.18. The number of hydrogen-bond acceptors (Lipinski definition) is 4. The van der Waals surface area contributed by atoms with Crippen molar-refractivity contribution in [1.82, 2.24) is 10.7 Å². The van der Waals surface area contributed by atoms with Gasteiger partial charge in [0.1, 0.15) is 18.4 Å². The van der Waals surface area contributed by atoms with Crippen LogP contribution in [0.4, 0.5) is 0 Å². The van der Waals surface area contributed by atoms with Gasteiger partial charge >= 0.3 is 0 Å². The number of amides is 2. The molecule has 2 N–H and O–H groups in total. The van der Waals surface area contributed by atoms with Crippen molar-refractivity contribution >= 4 is 29.6 Å². The molecule has 7 heteroatoms. The molecule has 0 heterocycles. The number of nitrogens with one attached hydrogen (secondary N) is 2. The van der Waals surface area contributed by atoms with E-state index in [0.29, 0.717) is 22.9 Å². The highest BCUT2D eigenvalue weighted by Gasteiger charge is 2.24. The van der Waals surface area contributed by atoms with E-state index in [2.05, 4.69) is 15.8 Å². The van der Waals surface area contributed by atoms with Crippen molar-refractivity contribution in [1.29, 1.82) is 0 Å². The zero-order valence-corrected chi connectivity index (χ0v) is 19.3. The highest BCUT2D eigenvalue weighted by Crippen LogP contribution is 2.17. The number of ether oxygens (including phenoxy) is 1. The molecule has 33 heavy (non-hydrogen) atoms. The van der Waals surface area contributed by atoms with E-state index >= 15 is 0 Å². The van der Waals surface area contributed by atoms with E-state index in [1.165, 1.54) is 6.21 Å². The van der Waals surface area contributed by atoms with Gasteiger partial charge in [0.25, 0.3) is 11.8 Å². The molecule has 0 aliphatic heterocycles. The van der Waals surface area contributed by atoms with Gasteiger partial charge in [0.15, 0.2) is 0 Å². The molecule has 3 aromatic rings. The van der Waals surface area contributed by atoms with Crippen LogP contribution >= 0.6 is 11.6 Å². The second-order valence-corrected chi connectivity index (χ2v) is 8.18. The van der Waals surface area contributed by atoms with Gasteiger partial charge in [-0.3, -0.25) is 9.59 Å². The topological polar surface area (TPSA) is 79.8 Å². The molecule has 2 amide bonds. The molecule has 0 saturated carbocycles. The standard InChI is InChI=1S/C26H26ClN3O3/c1-18(2)24(29-25(31)20-12-14-22(27)15-13-20)26(32)30-28-16-21-10-6-7-11-23(21)33-17-19-8-4-3-5-9-19/h3-16,18,24H,17H2,1-2H3,(H,29,31)(H,30,32)/b28-16+. The lowest BCUT2D eigenvalue weighted by molar-refractivity contribution is -0.123. The first-order valence-corrected chi connectivity index (χ1v) is 11.0. The Morgan fingerprint density at radius 1 is 0.970 bits per heavy atom. The lowest BCUT2D eigenvalue weighted by Crippen LogP contribution is -2.48. The lowest BCUT2D eigenvalue weighted by Gasteiger charge is -2.20. The summed E-state index contributed by atoms with van der Waals surface area (Å²) in [5.41, 5.74) is 4.71. The summed E-state index contributed by atoms with van der Waals surface area (Å²) in [5, 5.41) is 7.37. The third-order valence-electron chi connectivity index (χ3n) is 4.88. The van der Waals surface area contributed by atoms with Crippen molar-refractivity contribution in [3.05, 3.63) is 101 Å². The number of nitrogens with zero attached hydrogens (tertiary/aromatic N) is 1. The molecular weight excluding hydrogens is 438 g/mol. The number of hydrazone groups is 1. The van der Waals surface area contributed by atoms with Gasteiger partial charge in [-0.15, -0.1) is 0 Å². The Morgan fingerprint density at radius 3 is 2.33 bits per heavy atom. The van der Waals surface area contributed by atoms with Gasteiger partial charge in [0.05, 0.1) is 6.21 Å². The van der Waals surface area contributed by atoms with E-state index in [4.69, 9.17) is 16.3 Å². The van der Waals surface area contributed by atoms with E-state index in [-0.39, 0.29) is 11.8 Å². The van der Waals surface area contributed by atoms with Gasteiger partial charge in [0, 0.05) is 16.1 Å². The summed E-state index contributed by atoms with van der Waals surface area (Å²) in [4.78, 5) is 25.2. The highest BCUT2D eigenvalue weighted by molar-refractivity contribution is 6.30. The van der Waals surface area contributed by atoms with Crippen LogP contribution < -0.4 is 15.5 Å². The summed E-state index contributed by atoms with van der Waals surface area (Å²) >= 11 is 5.87. The van der Waals surface area contributed by atoms with E-state index < -0.39 is 11.9 Å². The number of para-hydroxylation sites is 1. The van der Waals surface area contributed by atoms with Crippen LogP contribution in [0.5, 0.6) is 5.75 Å². The molecule has 3 rings (SSSR count). The monoisotopic (exact) mass is 463 g/mol. The summed E-state index contributed by atoms with van der Waals surface area (Å²) in [5.74, 6) is -0.260. The van der Waals surface area contributed by atoms with Crippen molar-refractivity contribution < 1.29 is 14.3 Å². The molecular formula is C26H26ClN3O3. The van der Waals surface area contributed by atoms with Gasteiger partial charge in [-0.05, 0) is 47.9 Å². The van der Waals surface area contributed by atoms with Crippen molar-refractivity contribution in [3.8, 4) is 5.75 Å². The fourth-order valence-electron chi connectivity index (χ4n) is 3.05. The maximum atomic E-state index is 12.7. The predicted octanol–water partition coefficient (Wildman–Crippen LogP) is 4.82. The molecule has 1 unspecified atom stereocenters. The second kappa shape index (κ2) is 11.8. The summed E-state index contributed by atoms with van der Waals surface area (Å²) in [6, 6.07) is 23.0. The largest absolute Gasteiger partial charge is 0.488 e. The van der Waals surface area contributed by atoms with Crippen LogP contribution in [-0.4, -0.2) is 24.1 Å². The maximum absolute atomic E-state index is 12.7. The molecule has 0 spiro atoms. The van der Waals surface area contributed by atoms with E-state index in [0.717, 1.165) is 11.1 Å². The van der Waals surface area contributed by atoms with Crippen LogP contribution in [0.15, 0.2) is 84.0 Å². The molecule has 1 atom stereocenters. The number of carbonyl (C=O) groups excluding carboxylic acids is 2. The molecule has 3 aromatic carbocycles. The van der Waals surface area contributed by atoms with E-state index in [9.17, 15) is 9.59 Å².